The van der Waals surface area contributed by atoms with Crippen LogP contribution in [-0.4, -0.2) is 10.9 Å². The third-order valence-electron chi connectivity index (χ3n) is 4.14. The first-order valence-electron chi connectivity index (χ1n) is 8.35. The average molecular weight is 320 g/mol. The number of aromatic amines is 1. The summed E-state index contributed by atoms with van der Waals surface area (Å²) in [5.74, 6) is -0.0311. The van der Waals surface area contributed by atoms with Crippen molar-refractivity contribution in [2.24, 2.45) is 5.41 Å². The van der Waals surface area contributed by atoms with Crippen LogP contribution in [0.25, 0.3) is 10.9 Å². The summed E-state index contributed by atoms with van der Waals surface area (Å²) in [6, 6.07) is 17.8. The van der Waals surface area contributed by atoms with Crippen molar-refractivity contribution in [1.29, 1.82) is 0 Å². The number of H-pyrrole nitrogens is 1. The highest BCUT2D eigenvalue weighted by atomic mass is 16.1. The van der Waals surface area contributed by atoms with E-state index in [1.54, 1.807) is 0 Å². The van der Waals surface area contributed by atoms with E-state index < -0.39 is 0 Å². The smallest absolute Gasteiger partial charge is 0.251 e. The lowest BCUT2D eigenvalue weighted by atomic mass is 9.85. The van der Waals surface area contributed by atoms with Gasteiger partial charge in [0.05, 0.1) is 6.04 Å². The molecule has 0 bridgehead atoms. The Balaban J connectivity index is 1.89. The number of nitrogens with one attached hydrogen (secondary N) is 2. The van der Waals surface area contributed by atoms with Gasteiger partial charge in [0, 0.05) is 17.3 Å². The van der Waals surface area contributed by atoms with Crippen LogP contribution in [-0.2, 0) is 0 Å². The van der Waals surface area contributed by atoms with E-state index in [4.69, 9.17) is 0 Å². The van der Waals surface area contributed by atoms with Crippen LogP contribution >= 0.6 is 0 Å². The second kappa shape index (κ2) is 6.52. The minimum absolute atomic E-state index is 0.0228. The molecule has 0 unspecified atom stereocenters. The minimum atomic E-state index is -0.0311. The summed E-state index contributed by atoms with van der Waals surface area (Å²) >= 11 is 0. The van der Waals surface area contributed by atoms with Crippen LogP contribution in [0.3, 0.4) is 0 Å². The number of fused-ring (bicyclic) bond motifs is 1. The van der Waals surface area contributed by atoms with Crippen LogP contribution in [0.4, 0.5) is 0 Å². The molecule has 24 heavy (non-hydrogen) atoms. The van der Waals surface area contributed by atoms with Crippen molar-refractivity contribution in [3.05, 3.63) is 71.9 Å². The molecule has 0 fully saturated rings. The molecule has 0 aliphatic rings. The Hall–Kier alpha value is -2.55. The van der Waals surface area contributed by atoms with Crippen LogP contribution in [0.5, 0.6) is 0 Å². The highest BCUT2D eigenvalue weighted by Crippen LogP contribution is 2.31. The van der Waals surface area contributed by atoms with E-state index in [1.165, 1.54) is 5.39 Å². The van der Waals surface area contributed by atoms with Gasteiger partial charge in [0.1, 0.15) is 0 Å². The molecule has 1 amide bonds. The molecule has 1 aromatic heterocycles. The molecule has 0 radical (unpaired) electrons. The van der Waals surface area contributed by atoms with Crippen molar-refractivity contribution >= 4 is 16.8 Å². The summed E-state index contributed by atoms with van der Waals surface area (Å²) in [7, 11) is 0. The van der Waals surface area contributed by atoms with Gasteiger partial charge in [-0.05, 0) is 47.1 Å². The maximum absolute atomic E-state index is 12.6. The van der Waals surface area contributed by atoms with E-state index in [9.17, 15) is 4.79 Å². The molecule has 2 N–H and O–H groups in total. The number of carbonyl (C=O) groups excluding carboxylic acids is 1. The van der Waals surface area contributed by atoms with Crippen LogP contribution in [0.15, 0.2) is 60.8 Å². The maximum Gasteiger partial charge on any atom is 0.251 e. The first-order chi connectivity index (χ1) is 11.4. The molecular formula is C21H24N2O. The average Bonchev–Trinajstić information content (AvgIpc) is 3.01. The van der Waals surface area contributed by atoms with Gasteiger partial charge in [0.2, 0.25) is 0 Å². The zero-order valence-corrected chi connectivity index (χ0v) is 14.5. The lowest BCUT2D eigenvalue weighted by Gasteiger charge is -2.27. The Bertz CT molecular complexity index is 828. The van der Waals surface area contributed by atoms with Gasteiger partial charge >= 0.3 is 0 Å². The largest absolute Gasteiger partial charge is 0.361 e. The van der Waals surface area contributed by atoms with E-state index in [2.05, 4.69) is 55.3 Å². The molecule has 0 saturated carbocycles. The molecule has 2 aromatic carbocycles. The quantitative estimate of drug-likeness (QED) is 0.692. The number of amides is 1. The summed E-state index contributed by atoms with van der Waals surface area (Å²) in [5, 5.41) is 4.39. The second-order valence-electron chi connectivity index (χ2n) is 7.48. The molecule has 0 spiro atoms. The van der Waals surface area contributed by atoms with Gasteiger partial charge in [-0.2, -0.15) is 0 Å². The van der Waals surface area contributed by atoms with Gasteiger partial charge in [-0.15, -0.1) is 0 Å². The van der Waals surface area contributed by atoms with Crippen molar-refractivity contribution in [2.75, 3.05) is 0 Å². The number of hydrogen-bond donors (Lipinski definition) is 2. The summed E-state index contributed by atoms with van der Waals surface area (Å²) < 4.78 is 0. The topological polar surface area (TPSA) is 44.9 Å². The molecule has 3 heteroatoms. The molecular weight excluding hydrogens is 296 g/mol. The van der Waals surface area contributed by atoms with Crippen LogP contribution in [0.1, 0.15) is 49.2 Å². The Morgan fingerprint density at radius 1 is 1.08 bits per heavy atom. The van der Waals surface area contributed by atoms with E-state index in [0.717, 1.165) is 17.5 Å². The number of aromatic nitrogens is 1. The predicted octanol–water partition coefficient (Wildman–Crippen LogP) is 5.08. The fourth-order valence-corrected chi connectivity index (χ4v) is 2.98. The monoisotopic (exact) mass is 320 g/mol. The number of rotatable bonds is 4. The SMILES string of the molecule is CC(C)(C)C[C@@H](NC(=O)c1ccccc1)c1ccc2cc[nH]c2c1. The molecule has 0 aliphatic carbocycles. The summed E-state index contributed by atoms with van der Waals surface area (Å²) in [6.45, 7) is 6.59. The first-order valence-corrected chi connectivity index (χ1v) is 8.35. The summed E-state index contributed by atoms with van der Waals surface area (Å²) in [4.78, 5) is 15.9. The minimum Gasteiger partial charge on any atom is -0.361 e. The Morgan fingerprint density at radius 3 is 2.54 bits per heavy atom. The molecule has 124 valence electrons. The van der Waals surface area contributed by atoms with Crippen LogP contribution in [0.2, 0.25) is 0 Å². The van der Waals surface area contributed by atoms with Gasteiger partial charge in [-0.3, -0.25) is 4.79 Å². The molecule has 3 nitrogen and oxygen atoms in total. The van der Waals surface area contributed by atoms with Gasteiger partial charge < -0.3 is 10.3 Å². The molecule has 0 saturated heterocycles. The summed E-state index contributed by atoms with van der Waals surface area (Å²) in [5.41, 5.74) is 3.03. The lowest BCUT2D eigenvalue weighted by molar-refractivity contribution is 0.0926. The zero-order valence-electron chi connectivity index (χ0n) is 14.5. The fourth-order valence-electron chi connectivity index (χ4n) is 2.98. The molecule has 0 aliphatic heterocycles. The molecule has 1 heterocycles. The fraction of sp³-hybridized carbons (Fsp3) is 0.286. The van der Waals surface area contributed by atoms with Gasteiger partial charge in [0.25, 0.3) is 5.91 Å². The van der Waals surface area contributed by atoms with Gasteiger partial charge in [0.15, 0.2) is 0 Å². The van der Waals surface area contributed by atoms with Crippen molar-refractivity contribution < 1.29 is 4.79 Å². The third kappa shape index (κ3) is 3.85. The van der Waals surface area contributed by atoms with Gasteiger partial charge in [-0.25, -0.2) is 0 Å². The van der Waals surface area contributed by atoms with Crippen molar-refractivity contribution in [1.82, 2.24) is 10.3 Å². The second-order valence-corrected chi connectivity index (χ2v) is 7.48. The normalized spacial score (nSPS) is 13.0. The maximum atomic E-state index is 12.6. The number of benzene rings is 2. The van der Waals surface area contributed by atoms with E-state index in [0.29, 0.717) is 5.56 Å². The van der Waals surface area contributed by atoms with Gasteiger partial charge in [-0.1, -0.05) is 51.1 Å². The highest BCUT2D eigenvalue weighted by Gasteiger charge is 2.22. The first kappa shape index (κ1) is 16.3. The molecule has 3 rings (SSSR count). The van der Waals surface area contributed by atoms with Crippen molar-refractivity contribution in [3.63, 3.8) is 0 Å². The van der Waals surface area contributed by atoms with Crippen LogP contribution < -0.4 is 5.32 Å². The van der Waals surface area contributed by atoms with Crippen LogP contribution in [0, 0.1) is 5.41 Å². The summed E-state index contributed by atoms with van der Waals surface area (Å²) in [6.07, 6.45) is 2.81. The number of carbonyl (C=O) groups is 1. The predicted molar refractivity (Wildman–Crippen MR) is 99.0 cm³/mol. The Morgan fingerprint density at radius 2 is 1.83 bits per heavy atom. The third-order valence-corrected chi connectivity index (χ3v) is 4.14. The van der Waals surface area contributed by atoms with Crippen molar-refractivity contribution in [2.45, 2.75) is 33.2 Å². The highest BCUT2D eigenvalue weighted by molar-refractivity contribution is 5.94. The van der Waals surface area contributed by atoms with E-state index in [1.807, 2.05) is 36.5 Å². The lowest BCUT2D eigenvalue weighted by Crippen LogP contribution is -2.31. The standard InChI is InChI=1S/C21H24N2O/c1-21(2,3)14-19(23-20(24)16-7-5-4-6-8-16)17-10-9-15-11-12-22-18(15)13-17/h4-13,19,22H,14H2,1-3H3,(H,23,24)/t19-/m1/s1. The molecule has 3 aromatic rings. The van der Waals surface area contributed by atoms with E-state index >= 15 is 0 Å². The van der Waals surface area contributed by atoms with Crippen molar-refractivity contribution in [3.8, 4) is 0 Å². The number of hydrogen-bond acceptors (Lipinski definition) is 1. The molecule has 1 atom stereocenters. The Labute approximate surface area is 143 Å². The zero-order chi connectivity index (χ0) is 17.2. The Kier molecular flexibility index (Phi) is 4.43. The van der Waals surface area contributed by atoms with E-state index in [-0.39, 0.29) is 17.4 Å².